The molecule has 5 heteroatoms. The Morgan fingerprint density at radius 2 is 1.92 bits per heavy atom. The first-order valence-electron chi connectivity index (χ1n) is 8.59. The van der Waals surface area contributed by atoms with Gasteiger partial charge in [-0.2, -0.15) is 5.26 Å². The third kappa shape index (κ3) is 4.56. The van der Waals surface area contributed by atoms with Crippen LogP contribution in [-0.4, -0.2) is 66.9 Å². The van der Waals surface area contributed by atoms with Gasteiger partial charge in [-0.1, -0.05) is 26.0 Å². The lowest BCUT2D eigenvalue weighted by Crippen LogP contribution is -2.52. The number of rotatable bonds is 5. The largest absolute Gasteiger partial charge is 0.336 e. The molecule has 0 N–H and O–H groups in total. The number of carbonyl (C=O) groups excluding carboxylic acids is 1. The molecule has 1 unspecified atom stereocenters. The van der Waals surface area contributed by atoms with Crippen molar-refractivity contribution in [3.63, 3.8) is 0 Å². The topological polar surface area (TPSA) is 50.6 Å². The maximum atomic E-state index is 12.7. The first-order valence-corrected chi connectivity index (χ1v) is 8.59. The van der Waals surface area contributed by atoms with Crippen LogP contribution in [0.25, 0.3) is 0 Å². The molecule has 1 aliphatic rings. The average Bonchev–Trinajstić information content (AvgIpc) is 2.55. The highest BCUT2D eigenvalue weighted by Crippen LogP contribution is 2.16. The zero-order valence-corrected chi connectivity index (χ0v) is 15.2. The second-order valence-electron chi connectivity index (χ2n) is 7.08. The van der Waals surface area contributed by atoms with Crippen molar-refractivity contribution in [3.05, 3.63) is 35.4 Å². The van der Waals surface area contributed by atoms with Gasteiger partial charge in [0.25, 0.3) is 5.91 Å². The Morgan fingerprint density at radius 1 is 1.25 bits per heavy atom. The van der Waals surface area contributed by atoms with Crippen molar-refractivity contribution in [3.8, 4) is 6.07 Å². The Morgan fingerprint density at radius 3 is 2.46 bits per heavy atom. The Hall–Kier alpha value is -1.90. The maximum absolute atomic E-state index is 12.7. The standard InChI is InChI=1S/C19H28N4O/c1-15(2)18(13-20)22-8-10-23(11-9-22)19(24)17-7-5-6-16(12-17)14-21(3)4/h5-7,12,15,18H,8-11,14H2,1-4H3. The molecule has 1 aliphatic heterocycles. The van der Waals surface area contributed by atoms with E-state index >= 15 is 0 Å². The normalized spacial score (nSPS) is 17.1. The summed E-state index contributed by atoms with van der Waals surface area (Å²) < 4.78 is 0. The predicted molar refractivity (Wildman–Crippen MR) is 95.5 cm³/mol. The minimum atomic E-state index is -0.0642. The summed E-state index contributed by atoms with van der Waals surface area (Å²) in [6, 6.07) is 10.2. The van der Waals surface area contributed by atoms with Crippen LogP contribution >= 0.6 is 0 Å². The summed E-state index contributed by atoms with van der Waals surface area (Å²) in [5.41, 5.74) is 1.90. The fourth-order valence-corrected chi connectivity index (χ4v) is 3.21. The van der Waals surface area contributed by atoms with Crippen LogP contribution in [0.5, 0.6) is 0 Å². The van der Waals surface area contributed by atoms with E-state index in [0.29, 0.717) is 19.0 Å². The van der Waals surface area contributed by atoms with Gasteiger partial charge in [0.1, 0.15) is 6.04 Å². The molecule has 0 aromatic heterocycles. The molecule has 1 aromatic carbocycles. The third-order valence-electron chi connectivity index (χ3n) is 4.43. The average molecular weight is 328 g/mol. The fraction of sp³-hybridized carbons (Fsp3) is 0.579. The van der Waals surface area contributed by atoms with Gasteiger partial charge in [0.15, 0.2) is 0 Å². The quantitative estimate of drug-likeness (QED) is 0.830. The van der Waals surface area contributed by atoms with Gasteiger partial charge in [-0.05, 0) is 37.7 Å². The maximum Gasteiger partial charge on any atom is 0.253 e. The van der Waals surface area contributed by atoms with Crippen LogP contribution in [-0.2, 0) is 6.54 Å². The van der Waals surface area contributed by atoms with Gasteiger partial charge >= 0.3 is 0 Å². The summed E-state index contributed by atoms with van der Waals surface area (Å²) in [5, 5.41) is 9.33. The van der Waals surface area contributed by atoms with Crippen LogP contribution < -0.4 is 0 Å². The molecular formula is C19H28N4O. The molecule has 1 aromatic rings. The van der Waals surface area contributed by atoms with Crippen molar-refractivity contribution >= 4 is 5.91 Å². The van der Waals surface area contributed by atoms with E-state index in [-0.39, 0.29) is 11.9 Å². The zero-order valence-electron chi connectivity index (χ0n) is 15.2. The van der Waals surface area contributed by atoms with Crippen LogP contribution in [0.3, 0.4) is 0 Å². The van der Waals surface area contributed by atoms with Gasteiger partial charge in [0, 0.05) is 38.3 Å². The number of nitrogens with zero attached hydrogens (tertiary/aromatic N) is 4. The van der Waals surface area contributed by atoms with Crippen LogP contribution in [0.4, 0.5) is 0 Å². The summed E-state index contributed by atoms with van der Waals surface area (Å²) >= 11 is 0. The number of piperazine rings is 1. The second kappa shape index (κ2) is 8.27. The molecular weight excluding hydrogens is 300 g/mol. The number of nitriles is 1. The Labute approximate surface area is 145 Å². The summed E-state index contributed by atoms with van der Waals surface area (Å²) in [6.07, 6.45) is 0. The van der Waals surface area contributed by atoms with Crippen molar-refractivity contribution in [2.45, 2.75) is 26.4 Å². The van der Waals surface area contributed by atoms with Gasteiger partial charge in [0.2, 0.25) is 0 Å². The number of benzene rings is 1. The smallest absolute Gasteiger partial charge is 0.253 e. The van der Waals surface area contributed by atoms with E-state index in [4.69, 9.17) is 0 Å². The van der Waals surface area contributed by atoms with Crippen LogP contribution in [0.2, 0.25) is 0 Å². The highest BCUT2D eigenvalue weighted by molar-refractivity contribution is 5.94. The predicted octanol–water partition coefficient (Wildman–Crippen LogP) is 2.05. The lowest BCUT2D eigenvalue weighted by Gasteiger charge is -2.38. The van der Waals surface area contributed by atoms with Crippen molar-refractivity contribution in [1.29, 1.82) is 5.26 Å². The Balaban J connectivity index is 1.99. The number of amides is 1. The van der Waals surface area contributed by atoms with Crippen molar-refractivity contribution in [1.82, 2.24) is 14.7 Å². The van der Waals surface area contributed by atoms with Crippen molar-refractivity contribution in [2.24, 2.45) is 5.92 Å². The third-order valence-corrected chi connectivity index (χ3v) is 4.43. The lowest BCUT2D eigenvalue weighted by molar-refractivity contribution is 0.0576. The molecule has 1 saturated heterocycles. The van der Waals surface area contributed by atoms with Crippen molar-refractivity contribution < 1.29 is 4.79 Å². The SMILES string of the molecule is CC(C)C(C#N)N1CCN(C(=O)c2cccc(CN(C)C)c2)CC1. The molecule has 0 spiro atoms. The molecule has 0 radical (unpaired) electrons. The first-order chi connectivity index (χ1) is 11.4. The molecule has 130 valence electrons. The Kier molecular flexibility index (Phi) is 6.36. The van der Waals surface area contributed by atoms with Crippen LogP contribution in [0, 0.1) is 17.2 Å². The molecule has 1 heterocycles. The minimum absolute atomic E-state index is 0.0642. The van der Waals surface area contributed by atoms with Gasteiger partial charge < -0.3 is 9.80 Å². The molecule has 1 atom stereocenters. The van der Waals surface area contributed by atoms with Crippen LogP contribution in [0.15, 0.2) is 24.3 Å². The number of hydrogen-bond acceptors (Lipinski definition) is 4. The van der Waals surface area contributed by atoms with E-state index < -0.39 is 0 Å². The van der Waals surface area contributed by atoms with E-state index in [1.54, 1.807) is 0 Å². The first kappa shape index (κ1) is 18.4. The monoisotopic (exact) mass is 328 g/mol. The Bertz CT molecular complexity index is 598. The molecule has 5 nitrogen and oxygen atoms in total. The van der Waals surface area contributed by atoms with Gasteiger partial charge in [-0.15, -0.1) is 0 Å². The summed E-state index contributed by atoms with van der Waals surface area (Å²) in [4.78, 5) is 18.9. The van der Waals surface area contributed by atoms with E-state index in [1.165, 1.54) is 0 Å². The molecule has 0 aliphatic carbocycles. The highest BCUT2D eigenvalue weighted by Gasteiger charge is 2.28. The van der Waals surface area contributed by atoms with Gasteiger partial charge in [0.05, 0.1) is 6.07 Å². The molecule has 1 amide bonds. The molecule has 24 heavy (non-hydrogen) atoms. The fourth-order valence-electron chi connectivity index (χ4n) is 3.21. The van der Waals surface area contributed by atoms with Crippen LogP contribution in [0.1, 0.15) is 29.8 Å². The van der Waals surface area contributed by atoms with E-state index in [9.17, 15) is 10.1 Å². The lowest BCUT2D eigenvalue weighted by atomic mass is 10.0. The highest BCUT2D eigenvalue weighted by atomic mass is 16.2. The molecule has 1 fully saturated rings. The van der Waals surface area contributed by atoms with E-state index in [1.807, 2.05) is 37.2 Å². The second-order valence-corrected chi connectivity index (χ2v) is 7.08. The van der Waals surface area contributed by atoms with E-state index in [0.717, 1.165) is 30.8 Å². The number of hydrogen-bond donors (Lipinski definition) is 0. The van der Waals surface area contributed by atoms with E-state index in [2.05, 4.69) is 35.8 Å². The summed E-state index contributed by atoms with van der Waals surface area (Å²) in [6.45, 7) is 7.86. The molecule has 0 saturated carbocycles. The van der Waals surface area contributed by atoms with Gasteiger partial charge in [-0.25, -0.2) is 0 Å². The number of carbonyl (C=O) groups is 1. The summed E-state index contributed by atoms with van der Waals surface area (Å²) in [5.74, 6) is 0.397. The molecule has 0 bridgehead atoms. The summed E-state index contributed by atoms with van der Waals surface area (Å²) in [7, 11) is 4.04. The van der Waals surface area contributed by atoms with Gasteiger partial charge in [-0.3, -0.25) is 9.69 Å². The van der Waals surface area contributed by atoms with Crippen molar-refractivity contribution in [2.75, 3.05) is 40.3 Å². The zero-order chi connectivity index (χ0) is 17.7. The molecule has 2 rings (SSSR count). The minimum Gasteiger partial charge on any atom is -0.336 e.